The lowest BCUT2D eigenvalue weighted by molar-refractivity contribution is 0.549. The SMILES string of the molecule is CN(c1cccc(C(N)=S)n1)C1CCCCCC1. The van der Waals surface area contributed by atoms with Crippen LogP contribution in [0, 0.1) is 0 Å². The molecule has 0 unspecified atom stereocenters. The lowest BCUT2D eigenvalue weighted by Gasteiger charge is -2.28. The largest absolute Gasteiger partial charge is 0.388 e. The first kappa shape index (κ1) is 13.3. The quantitative estimate of drug-likeness (QED) is 0.672. The Labute approximate surface area is 114 Å². The molecule has 1 aliphatic rings. The summed E-state index contributed by atoms with van der Waals surface area (Å²) < 4.78 is 0. The maximum Gasteiger partial charge on any atom is 0.129 e. The van der Waals surface area contributed by atoms with E-state index in [4.69, 9.17) is 18.0 Å². The molecule has 2 rings (SSSR count). The number of aromatic nitrogens is 1. The molecule has 98 valence electrons. The van der Waals surface area contributed by atoms with Gasteiger partial charge in [-0.1, -0.05) is 44.0 Å². The molecule has 4 heteroatoms. The van der Waals surface area contributed by atoms with Gasteiger partial charge in [-0.15, -0.1) is 0 Å². The van der Waals surface area contributed by atoms with Crippen LogP contribution in [0.25, 0.3) is 0 Å². The third-order valence-electron chi connectivity index (χ3n) is 3.72. The van der Waals surface area contributed by atoms with Crippen LogP contribution < -0.4 is 10.6 Å². The summed E-state index contributed by atoms with van der Waals surface area (Å²) in [5.41, 5.74) is 6.35. The second-order valence-electron chi connectivity index (χ2n) is 5.00. The van der Waals surface area contributed by atoms with E-state index in [0.717, 1.165) is 5.82 Å². The van der Waals surface area contributed by atoms with Crippen molar-refractivity contribution < 1.29 is 0 Å². The summed E-state index contributed by atoms with van der Waals surface area (Å²) in [7, 11) is 2.13. The van der Waals surface area contributed by atoms with E-state index in [1.54, 1.807) is 0 Å². The summed E-state index contributed by atoms with van der Waals surface area (Å²) in [6.07, 6.45) is 7.90. The van der Waals surface area contributed by atoms with E-state index >= 15 is 0 Å². The van der Waals surface area contributed by atoms with Crippen molar-refractivity contribution in [1.82, 2.24) is 4.98 Å². The van der Waals surface area contributed by atoms with Gasteiger partial charge in [-0.25, -0.2) is 4.98 Å². The molecule has 1 heterocycles. The van der Waals surface area contributed by atoms with E-state index in [1.165, 1.54) is 38.5 Å². The smallest absolute Gasteiger partial charge is 0.129 e. The summed E-state index contributed by atoms with van der Waals surface area (Å²) >= 11 is 4.98. The van der Waals surface area contributed by atoms with Gasteiger partial charge in [0, 0.05) is 13.1 Å². The molecule has 0 atom stereocenters. The minimum atomic E-state index is 0.367. The van der Waals surface area contributed by atoms with Gasteiger partial charge < -0.3 is 10.6 Å². The summed E-state index contributed by atoms with van der Waals surface area (Å²) in [6, 6.07) is 6.48. The minimum absolute atomic E-state index is 0.367. The fraction of sp³-hybridized carbons (Fsp3) is 0.571. The molecule has 18 heavy (non-hydrogen) atoms. The number of rotatable bonds is 3. The Morgan fingerprint density at radius 1 is 1.28 bits per heavy atom. The molecule has 0 spiro atoms. The molecule has 1 saturated carbocycles. The van der Waals surface area contributed by atoms with Gasteiger partial charge in [0.25, 0.3) is 0 Å². The Bertz CT molecular complexity index is 411. The molecule has 1 aliphatic carbocycles. The number of nitrogens with zero attached hydrogens (tertiary/aromatic N) is 2. The molecule has 0 aliphatic heterocycles. The van der Waals surface area contributed by atoms with Gasteiger partial charge in [0.2, 0.25) is 0 Å². The highest BCUT2D eigenvalue weighted by Crippen LogP contribution is 2.24. The van der Waals surface area contributed by atoms with Gasteiger partial charge in [0.1, 0.15) is 10.8 Å². The predicted octanol–water partition coefficient (Wildman–Crippen LogP) is 2.87. The topological polar surface area (TPSA) is 42.1 Å². The van der Waals surface area contributed by atoms with E-state index in [1.807, 2.05) is 18.2 Å². The fourth-order valence-electron chi connectivity index (χ4n) is 2.59. The highest BCUT2D eigenvalue weighted by atomic mass is 32.1. The zero-order valence-electron chi connectivity index (χ0n) is 10.9. The zero-order chi connectivity index (χ0) is 13.0. The lowest BCUT2D eigenvalue weighted by atomic mass is 10.1. The van der Waals surface area contributed by atoms with Gasteiger partial charge in [-0.3, -0.25) is 0 Å². The van der Waals surface area contributed by atoms with Crippen molar-refractivity contribution >= 4 is 23.0 Å². The van der Waals surface area contributed by atoms with Crippen LogP contribution in [0.3, 0.4) is 0 Å². The van der Waals surface area contributed by atoms with Crippen molar-refractivity contribution in [2.24, 2.45) is 5.73 Å². The molecule has 3 nitrogen and oxygen atoms in total. The van der Waals surface area contributed by atoms with Crippen LogP contribution in [-0.4, -0.2) is 23.1 Å². The Kier molecular flexibility index (Phi) is 4.53. The minimum Gasteiger partial charge on any atom is -0.388 e. The van der Waals surface area contributed by atoms with Gasteiger partial charge in [0.05, 0.1) is 5.69 Å². The van der Waals surface area contributed by atoms with Crippen molar-refractivity contribution in [2.45, 2.75) is 44.6 Å². The Balaban J connectivity index is 2.13. The van der Waals surface area contributed by atoms with Crippen LogP contribution in [0.4, 0.5) is 5.82 Å². The molecule has 0 radical (unpaired) electrons. The van der Waals surface area contributed by atoms with E-state index in [9.17, 15) is 0 Å². The average Bonchev–Trinajstić information content (AvgIpc) is 2.67. The Morgan fingerprint density at radius 2 is 1.94 bits per heavy atom. The van der Waals surface area contributed by atoms with Gasteiger partial charge in [-0.05, 0) is 25.0 Å². The van der Waals surface area contributed by atoms with Crippen molar-refractivity contribution in [3.05, 3.63) is 23.9 Å². The predicted molar refractivity (Wildman–Crippen MR) is 80.0 cm³/mol. The molecular formula is C14H21N3S. The summed E-state index contributed by atoms with van der Waals surface area (Å²) in [6.45, 7) is 0. The van der Waals surface area contributed by atoms with E-state index in [2.05, 4.69) is 16.9 Å². The Morgan fingerprint density at radius 3 is 2.56 bits per heavy atom. The molecule has 0 amide bonds. The third-order valence-corrected chi connectivity index (χ3v) is 3.93. The molecule has 2 N–H and O–H groups in total. The number of thiocarbonyl (C=S) groups is 1. The first-order valence-electron chi connectivity index (χ1n) is 6.68. The number of pyridine rings is 1. The van der Waals surface area contributed by atoms with Gasteiger partial charge in [0.15, 0.2) is 0 Å². The molecule has 1 aromatic heterocycles. The number of anilines is 1. The standard InChI is InChI=1S/C14H21N3S/c1-17(11-7-4-2-3-5-8-11)13-10-6-9-12(16-13)14(15)18/h6,9-11H,2-5,7-8H2,1H3,(H2,15,18). The molecule has 0 saturated heterocycles. The zero-order valence-corrected chi connectivity index (χ0v) is 11.7. The third kappa shape index (κ3) is 3.19. The summed E-state index contributed by atoms with van der Waals surface area (Å²) in [4.78, 5) is 7.19. The van der Waals surface area contributed by atoms with Crippen LogP contribution in [-0.2, 0) is 0 Å². The van der Waals surface area contributed by atoms with E-state index < -0.39 is 0 Å². The van der Waals surface area contributed by atoms with E-state index in [0.29, 0.717) is 16.7 Å². The van der Waals surface area contributed by atoms with Crippen molar-refractivity contribution in [1.29, 1.82) is 0 Å². The molecule has 1 fully saturated rings. The van der Waals surface area contributed by atoms with Crippen molar-refractivity contribution in [3.63, 3.8) is 0 Å². The molecule has 0 bridgehead atoms. The van der Waals surface area contributed by atoms with Crippen LogP contribution >= 0.6 is 12.2 Å². The maximum absolute atomic E-state index is 5.64. The van der Waals surface area contributed by atoms with Crippen LogP contribution in [0.5, 0.6) is 0 Å². The first-order chi connectivity index (χ1) is 8.68. The van der Waals surface area contributed by atoms with Crippen LogP contribution in [0.2, 0.25) is 0 Å². The summed E-state index contributed by atoms with van der Waals surface area (Å²) in [5.74, 6) is 0.979. The van der Waals surface area contributed by atoms with Gasteiger partial charge in [-0.2, -0.15) is 0 Å². The van der Waals surface area contributed by atoms with E-state index in [-0.39, 0.29) is 0 Å². The molecular weight excluding hydrogens is 242 g/mol. The lowest BCUT2D eigenvalue weighted by Crippen LogP contribution is -2.32. The average molecular weight is 263 g/mol. The highest BCUT2D eigenvalue weighted by molar-refractivity contribution is 7.80. The maximum atomic E-state index is 5.64. The van der Waals surface area contributed by atoms with Crippen molar-refractivity contribution in [3.8, 4) is 0 Å². The first-order valence-corrected chi connectivity index (χ1v) is 7.09. The number of hydrogen-bond acceptors (Lipinski definition) is 3. The second-order valence-corrected chi connectivity index (χ2v) is 5.44. The summed E-state index contributed by atoms with van der Waals surface area (Å²) in [5, 5.41) is 0. The normalized spacial score (nSPS) is 17.2. The van der Waals surface area contributed by atoms with Crippen molar-refractivity contribution in [2.75, 3.05) is 11.9 Å². The number of nitrogens with two attached hydrogens (primary N) is 1. The van der Waals surface area contributed by atoms with Gasteiger partial charge >= 0.3 is 0 Å². The monoisotopic (exact) mass is 263 g/mol. The fourth-order valence-corrected chi connectivity index (χ4v) is 2.70. The molecule has 1 aromatic rings. The second kappa shape index (κ2) is 6.14. The Hall–Kier alpha value is -1.16. The highest BCUT2D eigenvalue weighted by Gasteiger charge is 2.18. The van der Waals surface area contributed by atoms with Crippen LogP contribution in [0.15, 0.2) is 18.2 Å². The number of hydrogen-bond donors (Lipinski definition) is 1. The van der Waals surface area contributed by atoms with Crippen LogP contribution in [0.1, 0.15) is 44.2 Å². The molecule has 0 aromatic carbocycles.